The minimum Gasteiger partial charge on any atom is -0.494 e. The fourth-order valence-electron chi connectivity index (χ4n) is 4.22. The van der Waals surface area contributed by atoms with Gasteiger partial charge in [0.25, 0.3) is 5.91 Å². The molecule has 34 heavy (non-hydrogen) atoms. The summed E-state index contributed by atoms with van der Waals surface area (Å²) >= 11 is 0. The van der Waals surface area contributed by atoms with E-state index < -0.39 is 15.6 Å². The second kappa shape index (κ2) is 10.5. The molecule has 1 aliphatic rings. The number of hydrogen-bond donors (Lipinski definition) is 2. The standard InChI is InChI=1S/C26H36N2O5S/c1-6-33-21-10-8-20(9-11-21)26(13-15-32-16-14-26)18-27-24(29)23-17-22(12-7-19(23)2)34(30,31)28-25(3,4)5/h7-12,17,28H,6,13-16,18H2,1-5H3,(H,27,29). The van der Waals surface area contributed by atoms with Crippen LogP contribution in [0.2, 0.25) is 0 Å². The maximum atomic E-state index is 13.2. The van der Waals surface area contributed by atoms with Crippen LogP contribution in [0.5, 0.6) is 5.75 Å². The number of carbonyl (C=O) groups is 1. The second-order valence-corrected chi connectivity index (χ2v) is 11.5. The molecule has 7 nitrogen and oxygen atoms in total. The minimum absolute atomic E-state index is 0.0745. The summed E-state index contributed by atoms with van der Waals surface area (Å²) in [5.41, 5.74) is 1.31. The Balaban J connectivity index is 1.82. The number of aryl methyl sites for hydroxylation is 1. The lowest BCUT2D eigenvalue weighted by Gasteiger charge is -2.38. The molecule has 0 saturated carbocycles. The quantitative estimate of drug-likeness (QED) is 0.587. The predicted octanol–water partition coefficient (Wildman–Crippen LogP) is 3.95. The molecule has 2 aromatic carbocycles. The first kappa shape index (κ1) is 26.2. The Labute approximate surface area is 203 Å². The van der Waals surface area contributed by atoms with Crippen molar-refractivity contribution in [2.45, 2.75) is 63.3 Å². The first-order valence-corrected chi connectivity index (χ1v) is 13.2. The molecule has 0 unspecified atom stereocenters. The predicted molar refractivity (Wildman–Crippen MR) is 133 cm³/mol. The van der Waals surface area contributed by atoms with E-state index in [1.54, 1.807) is 33.8 Å². The van der Waals surface area contributed by atoms with Gasteiger partial charge in [-0.1, -0.05) is 18.2 Å². The Morgan fingerprint density at radius 1 is 1.09 bits per heavy atom. The van der Waals surface area contributed by atoms with Gasteiger partial charge in [0.2, 0.25) is 10.0 Å². The van der Waals surface area contributed by atoms with E-state index in [2.05, 4.69) is 22.2 Å². The highest BCUT2D eigenvalue weighted by Gasteiger charge is 2.35. The van der Waals surface area contributed by atoms with Crippen LogP contribution >= 0.6 is 0 Å². The number of sulfonamides is 1. The first-order chi connectivity index (χ1) is 16.0. The van der Waals surface area contributed by atoms with Crippen molar-refractivity contribution in [3.8, 4) is 5.75 Å². The van der Waals surface area contributed by atoms with E-state index >= 15 is 0 Å². The minimum atomic E-state index is -3.75. The average Bonchev–Trinajstić information content (AvgIpc) is 2.77. The molecule has 0 bridgehead atoms. The Hall–Kier alpha value is -2.42. The summed E-state index contributed by atoms with van der Waals surface area (Å²) < 4.78 is 39.4. The largest absolute Gasteiger partial charge is 0.494 e. The molecule has 0 aromatic heterocycles. The van der Waals surface area contributed by atoms with Crippen molar-refractivity contribution in [2.24, 2.45) is 0 Å². The molecule has 0 radical (unpaired) electrons. The van der Waals surface area contributed by atoms with Crippen LogP contribution < -0.4 is 14.8 Å². The number of benzene rings is 2. The van der Waals surface area contributed by atoms with Crippen molar-refractivity contribution in [3.63, 3.8) is 0 Å². The van der Waals surface area contributed by atoms with Gasteiger partial charge in [0.05, 0.1) is 11.5 Å². The second-order valence-electron chi connectivity index (χ2n) is 9.86. The number of amides is 1. The third-order valence-corrected chi connectivity index (χ3v) is 7.78. The molecule has 0 spiro atoms. The van der Waals surface area contributed by atoms with Gasteiger partial charge in [0.1, 0.15) is 5.75 Å². The summed E-state index contributed by atoms with van der Waals surface area (Å²) in [6.45, 7) is 11.4. The zero-order chi connectivity index (χ0) is 25.0. The van der Waals surface area contributed by atoms with Crippen LogP contribution in [0, 0.1) is 6.92 Å². The van der Waals surface area contributed by atoms with Crippen molar-refractivity contribution in [1.82, 2.24) is 10.0 Å². The number of rotatable bonds is 8. The maximum Gasteiger partial charge on any atom is 0.251 e. The van der Waals surface area contributed by atoms with Crippen molar-refractivity contribution < 1.29 is 22.7 Å². The third-order valence-electron chi connectivity index (χ3n) is 6.02. The van der Waals surface area contributed by atoms with Gasteiger partial charge >= 0.3 is 0 Å². The zero-order valence-corrected chi connectivity index (χ0v) is 21.6. The molecular weight excluding hydrogens is 452 g/mol. The molecule has 2 aromatic rings. The van der Waals surface area contributed by atoms with Crippen LogP contribution in [0.4, 0.5) is 0 Å². The van der Waals surface area contributed by atoms with Crippen LogP contribution in [0.15, 0.2) is 47.4 Å². The summed E-state index contributed by atoms with van der Waals surface area (Å²) in [6, 6.07) is 12.7. The Morgan fingerprint density at radius 2 is 1.74 bits per heavy atom. The Bertz CT molecular complexity index is 1100. The van der Waals surface area contributed by atoms with Crippen LogP contribution in [-0.2, 0) is 20.2 Å². The molecule has 2 N–H and O–H groups in total. The van der Waals surface area contributed by atoms with Gasteiger partial charge in [-0.3, -0.25) is 4.79 Å². The highest BCUT2D eigenvalue weighted by Crippen LogP contribution is 2.35. The highest BCUT2D eigenvalue weighted by molar-refractivity contribution is 7.89. The third kappa shape index (κ3) is 6.37. The normalized spacial score (nSPS) is 16.1. The van der Waals surface area contributed by atoms with E-state index in [0.29, 0.717) is 37.5 Å². The fraction of sp³-hybridized carbons (Fsp3) is 0.500. The van der Waals surface area contributed by atoms with E-state index in [4.69, 9.17) is 9.47 Å². The van der Waals surface area contributed by atoms with Gasteiger partial charge in [-0.15, -0.1) is 0 Å². The molecule has 0 aliphatic carbocycles. The van der Waals surface area contributed by atoms with Gasteiger partial charge in [-0.05, 0) is 82.9 Å². The highest BCUT2D eigenvalue weighted by atomic mass is 32.2. The summed E-state index contributed by atoms with van der Waals surface area (Å²) in [5.74, 6) is 0.525. The molecule has 1 amide bonds. The fourth-order valence-corrected chi connectivity index (χ4v) is 5.66. The van der Waals surface area contributed by atoms with E-state index in [9.17, 15) is 13.2 Å². The lowest BCUT2D eigenvalue weighted by atomic mass is 9.74. The van der Waals surface area contributed by atoms with Crippen LogP contribution in [0.3, 0.4) is 0 Å². The molecule has 1 saturated heterocycles. The van der Waals surface area contributed by atoms with Crippen LogP contribution in [0.1, 0.15) is 62.0 Å². The maximum absolute atomic E-state index is 13.2. The molecule has 1 fully saturated rings. The average molecular weight is 489 g/mol. The smallest absolute Gasteiger partial charge is 0.251 e. The van der Waals surface area contributed by atoms with Crippen molar-refractivity contribution in [2.75, 3.05) is 26.4 Å². The Kier molecular flexibility index (Phi) is 8.06. The summed E-state index contributed by atoms with van der Waals surface area (Å²) in [6.07, 6.45) is 1.56. The van der Waals surface area contributed by atoms with E-state index in [1.807, 2.05) is 19.1 Å². The summed E-state index contributed by atoms with van der Waals surface area (Å²) in [4.78, 5) is 13.3. The lowest BCUT2D eigenvalue weighted by Crippen LogP contribution is -2.44. The molecule has 3 rings (SSSR count). The van der Waals surface area contributed by atoms with Crippen molar-refractivity contribution in [1.29, 1.82) is 0 Å². The molecule has 1 aliphatic heterocycles. The van der Waals surface area contributed by atoms with Gasteiger partial charge in [-0.2, -0.15) is 0 Å². The Morgan fingerprint density at radius 3 is 2.32 bits per heavy atom. The van der Waals surface area contributed by atoms with Crippen LogP contribution in [0.25, 0.3) is 0 Å². The molecule has 0 atom stereocenters. The van der Waals surface area contributed by atoms with Crippen molar-refractivity contribution >= 4 is 15.9 Å². The van der Waals surface area contributed by atoms with Gasteiger partial charge in [0, 0.05) is 36.3 Å². The van der Waals surface area contributed by atoms with Crippen molar-refractivity contribution in [3.05, 3.63) is 59.2 Å². The lowest BCUT2D eigenvalue weighted by molar-refractivity contribution is 0.0487. The van der Waals surface area contributed by atoms with Gasteiger partial charge < -0.3 is 14.8 Å². The molecular formula is C26H36N2O5S. The number of carbonyl (C=O) groups excluding carboxylic acids is 1. The number of ether oxygens (including phenoxy) is 2. The zero-order valence-electron chi connectivity index (χ0n) is 20.7. The van der Waals surface area contributed by atoms with E-state index in [1.165, 1.54) is 12.1 Å². The van der Waals surface area contributed by atoms with E-state index in [-0.39, 0.29) is 16.2 Å². The van der Waals surface area contributed by atoms with Gasteiger partial charge in [0.15, 0.2) is 0 Å². The monoisotopic (exact) mass is 488 g/mol. The number of hydrogen-bond acceptors (Lipinski definition) is 5. The summed E-state index contributed by atoms with van der Waals surface area (Å²) in [5, 5.41) is 3.07. The summed E-state index contributed by atoms with van der Waals surface area (Å²) in [7, 11) is -3.75. The van der Waals surface area contributed by atoms with E-state index in [0.717, 1.165) is 24.2 Å². The molecule has 8 heteroatoms. The first-order valence-electron chi connectivity index (χ1n) is 11.7. The molecule has 1 heterocycles. The number of nitrogens with one attached hydrogen (secondary N) is 2. The van der Waals surface area contributed by atoms with Gasteiger partial charge in [-0.25, -0.2) is 13.1 Å². The van der Waals surface area contributed by atoms with Crippen LogP contribution in [-0.4, -0.2) is 46.2 Å². The SMILES string of the molecule is CCOc1ccc(C2(CNC(=O)c3cc(S(=O)(=O)NC(C)(C)C)ccc3C)CCOCC2)cc1. The topological polar surface area (TPSA) is 93.7 Å². The molecule has 186 valence electrons.